The molecule has 0 bridgehead atoms. The number of fused-ring (bicyclic) bond motifs is 6. The second-order valence-electron chi connectivity index (χ2n) is 19.5. The van der Waals surface area contributed by atoms with Crippen LogP contribution in [0, 0.1) is 13.8 Å². The van der Waals surface area contributed by atoms with Crippen LogP contribution in [0.15, 0.2) is 94.9 Å². The van der Waals surface area contributed by atoms with Crippen molar-refractivity contribution in [1.82, 2.24) is 40.2 Å². The van der Waals surface area contributed by atoms with Gasteiger partial charge in [-0.1, -0.05) is 47.5 Å². The van der Waals surface area contributed by atoms with E-state index < -0.39 is 12.1 Å². The number of rotatable bonds is 39. The lowest BCUT2D eigenvalue weighted by atomic mass is 10.00. The van der Waals surface area contributed by atoms with Gasteiger partial charge in [0.1, 0.15) is 41.8 Å². The lowest BCUT2D eigenvalue weighted by Crippen LogP contribution is -2.29. The highest BCUT2D eigenvalue weighted by Gasteiger charge is 2.32. The van der Waals surface area contributed by atoms with Crippen LogP contribution >= 0.6 is 23.2 Å². The van der Waals surface area contributed by atoms with E-state index in [1.165, 1.54) is 0 Å². The van der Waals surface area contributed by atoms with Crippen molar-refractivity contribution in [3.63, 3.8) is 0 Å². The highest BCUT2D eigenvalue weighted by atomic mass is 35.5. The van der Waals surface area contributed by atoms with Gasteiger partial charge in [-0.2, -0.15) is 0 Å². The number of halogens is 2. The molecule has 23 nitrogen and oxygen atoms in total. The average molecular weight is 1230 g/mol. The van der Waals surface area contributed by atoms with E-state index in [1.54, 1.807) is 7.11 Å². The number of carbonyl (C=O) groups is 2. The standard InChI is InChI=1S/C61H76Cl2N10O13/c1-5-64-56(74)40-52-60-70-69-43(3)73(60)55-17-15-49(39-51(55)59(66-52)45-8-12-47(63)13-9-45)86-37-36-85-35-34-84-33-32-83-31-30-82-29-28-81-27-26-80-25-24-79-23-22-78-21-20-77-19-18-65-57(75)41-53-61-71-68-42(2)72(61)54-16-14-48(76-4)38-50(54)58(67-53)44-6-10-46(62)11-7-44/h6-17,38-39,52-53H,5,18-37,40-41H2,1-4H3,(H,64,74)(H,65,75)/t52-,53-/m0/s1. The van der Waals surface area contributed by atoms with Crippen LogP contribution in [0.4, 0.5) is 0 Å². The second-order valence-corrected chi connectivity index (χ2v) is 20.4. The number of methoxy groups -OCH3 is 1. The minimum atomic E-state index is -0.606. The van der Waals surface area contributed by atoms with Gasteiger partial charge >= 0.3 is 0 Å². The van der Waals surface area contributed by atoms with Crippen molar-refractivity contribution in [1.29, 1.82) is 0 Å². The molecule has 0 saturated heterocycles. The predicted molar refractivity (Wildman–Crippen MR) is 322 cm³/mol. The van der Waals surface area contributed by atoms with E-state index in [1.807, 2.05) is 115 Å². The molecule has 2 aliphatic rings. The first-order valence-corrected chi connectivity index (χ1v) is 29.6. The maximum Gasteiger partial charge on any atom is 0.222 e. The summed E-state index contributed by atoms with van der Waals surface area (Å²) >= 11 is 12.5. The first-order chi connectivity index (χ1) is 42.1. The smallest absolute Gasteiger partial charge is 0.222 e. The highest BCUT2D eigenvalue weighted by molar-refractivity contribution is 6.31. The number of aryl methyl sites for hydroxylation is 2. The molecule has 2 aromatic heterocycles. The Balaban J connectivity index is 0.577. The SMILES string of the molecule is CCNC(=O)C[C@@H]1N=C(c2ccc(Cl)cc2)c2cc(OCCOCCOCCOCCOCCOCCOCCOCCOCCOCCNC(=O)C[C@@H]3N=C(c4ccc(Cl)cc4)c4cc(OC)ccc4-n4c(C)nnc43)ccc2-n2c(C)nnc21. The fourth-order valence-corrected chi connectivity index (χ4v) is 9.60. The van der Waals surface area contributed by atoms with Crippen molar-refractivity contribution in [2.24, 2.45) is 9.98 Å². The van der Waals surface area contributed by atoms with Gasteiger partial charge in [0.2, 0.25) is 11.8 Å². The van der Waals surface area contributed by atoms with Crippen molar-refractivity contribution in [3.05, 3.63) is 141 Å². The van der Waals surface area contributed by atoms with E-state index in [4.69, 9.17) is 85.3 Å². The van der Waals surface area contributed by atoms with Crippen molar-refractivity contribution in [2.75, 3.05) is 146 Å². The normalized spacial score (nSPS) is 14.3. The van der Waals surface area contributed by atoms with E-state index in [0.29, 0.717) is 195 Å². The summed E-state index contributed by atoms with van der Waals surface area (Å²) in [5.41, 5.74) is 6.39. The number of aromatic nitrogens is 6. The number of nitrogens with one attached hydrogen (secondary N) is 2. The van der Waals surface area contributed by atoms with Gasteiger partial charge in [0.15, 0.2) is 11.6 Å². The van der Waals surface area contributed by atoms with Crippen molar-refractivity contribution in [3.8, 4) is 22.9 Å². The molecule has 0 fully saturated rings. The number of hydrogen-bond acceptors (Lipinski definition) is 19. The third kappa shape index (κ3) is 19.4. The molecular formula is C61H76Cl2N10O13. The zero-order valence-corrected chi connectivity index (χ0v) is 50.7. The van der Waals surface area contributed by atoms with Crippen LogP contribution in [0.1, 0.15) is 77.4 Å². The molecule has 0 radical (unpaired) electrons. The van der Waals surface area contributed by atoms with Crippen molar-refractivity contribution >= 4 is 46.4 Å². The molecule has 4 aromatic carbocycles. The third-order valence-electron chi connectivity index (χ3n) is 13.4. The Morgan fingerprint density at radius 1 is 0.465 bits per heavy atom. The van der Waals surface area contributed by atoms with Gasteiger partial charge in [0, 0.05) is 45.4 Å². The Kier molecular flexibility index (Phi) is 26.7. The molecule has 2 aliphatic heterocycles. The van der Waals surface area contributed by atoms with Gasteiger partial charge in [-0.05, 0) is 81.4 Å². The van der Waals surface area contributed by atoms with Gasteiger partial charge in [0.25, 0.3) is 0 Å². The monoisotopic (exact) mass is 1230 g/mol. The summed E-state index contributed by atoms with van der Waals surface area (Å²) in [6, 6.07) is 25.3. The second kappa shape index (κ2) is 35.2. The van der Waals surface area contributed by atoms with E-state index in [-0.39, 0.29) is 24.7 Å². The van der Waals surface area contributed by atoms with Gasteiger partial charge < -0.3 is 62.7 Å². The molecule has 2 N–H and O–H groups in total. The molecule has 8 rings (SSSR count). The Hall–Kier alpha value is -6.74. The van der Waals surface area contributed by atoms with E-state index in [9.17, 15) is 9.59 Å². The zero-order valence-electron chi connectivity index (χ0n) is 49.1. The molecule has 0 unspecified atom stereocenters. The molecule has 25 heteroatoms. The van der Waals surface area contributed by atoms with Crippen LogP contribution in [0.25, 0.3) is 11.4 Å². The summed E-state index contributed by atoms with van der Waals surface area (Å²) in [7, 11) is 1.62. The number of hydrogen-bond donors (Lipinski definition) is 2. The van der Waals surface area contributed by atoms with Crippen LogP contribution < -0.4 is 20.1 Å². The number of ether oxygens (including phenoxy) is 11. The molecular weight excluding hydrogens is 1150 g/mol. The number of amides is 2. The van der Waals surface area contributed by atoms with Gasteiger partial charge in [-0.15, -0.1) is 20.4 Å². The maximum absolute atomic E-state index is 13.2. The van der Waals surface area contributed by atoms with Gasteiger partial charge in [0.05, 0.1) is 162 Å². The number of carbonyl (C=O) groups excluding carboxylic acids is 2. The molecule has 462 valence electrons. The van der Waals surface area contributed by atoms with E-state index in [0.717, 1.165) is 33.6 Å². The number of nitrogens with zero attached hydrogens (tertiary/aromatic N) is 8. The number of benzene rings is 4. The third-order valence-corrected chi connectivity index (χ3v) is 13.9. The quantitative estimate of drug-likeness (QED) is 0.0376. The Morgan fingerprint density at radius 2 is 0.826 bits per heavy atom. The van der Waals surface area contributed by atoms with Crippen molar-refractivity contribution < 1.29 is 61.7 Å². The first-order valence-electron chi connectivity index (χ1n) is 28.8. The number of aliphatic imine (C=N–C) groups is 2. The fourth-order valence-electron chi connectivity index (χ4n) is 9.35. The largest absolute Gasteiger partial charge is 0.497 e. The Morgan fingerprint density at radius 3 is 1.22 bits per heavy atom. The minimum Gasteiger partial charge on any atom is -0.497 e. The molecule has 4 heterocycles. The highest BCUT2D eigenvalue weighted by Crippen LogP contribution is 2.36. The van der Waals surface area contributed by atoms with Crippen LogP contribution in [-0.4, -0.2) is 198 Å². The summed E-state index contributed by atoms with van der Waals surface area (Å²) in [4.78, 5) is 36.3. The first kappa shape index (κ1) is 65.2. The summed E-state index contributed by atoms with van der Waals surface area (Å²) in [5.74, 6) is 3.51. The van der Waals surface area contributed by atoms with Gasteiger partial charge in [-0.25, -0.2) is 0 Å². The van der Waals surface area contributed by atoms with Crippen LogP contribution in [0.2, 0.25) is 10.0 Å². The van der Waals surface area contributed by atoms with Gasteiger partial charge in [-0.3, -0.25) is 28.7 Å². The lowest BCUT2D eigenvalue weighted by Gasteiger charge is -2.15. The molecule has 2 atom stereocenters. The molecule has 0 aliphatic carbocycles. The summed E-state index contributed by atoms with van der Waals surface area (Å²) in [6.07, 6.45) is 0.176. The topological polar surface area (TPSA) is 246 Å². The molecule has 2 amide bonds. The maximum atomic E-state index is 13.2. The minimum absolute atomic E-state index is 0.0584. The van der Waals surface area contributed by atoms with Crippen LogP contribution in [0.5, 0.6) is 11.5 Å². The van der Waals surface area contributed by atoms with E-state index in [2.05, 4.69) is 31.0 Å². The molecule has 86 heavy (non-hydrogen) atoms. The van der Waals surface area contributed by atoms with E-state index >= 15 is 0 Å². The Bertz CT molecular complexity index is 3140. The molecule has 0 spiro atoms. The molecule has 0 saturated carbocycles. The van der Waals surface area contributed by atoms with Crippen LogP contribution in [-0.2, 0) is 52.2 Å². The average Bonchev–Trinajstić information content (AvgIpc) is 1.81. The lowest BCUT2D eigenvalue weighted by molar-refractivity contribution is -0.122. The predicted octanol–water partition coefficient (Wildman–Crippen LogP) is 6.83. The zero-order chi connectivity index (χ0) is 60.3. The Labute approximate surface area is 510 Å². The van der Waals surface area contributed by atoms with Crippen molar-refractivity contribution in [2.45, 2.75) is 45.7 Å². The summed E-state index contributed by atoms with van der Waals surface area (Å²) < 4.78 is 66.2. The fraction of sp³-hybridized carbons (Fsp3) is 0.475. The van der Waals surface area contributed by atoms with Crippen LogP contribution in [0.3, 0.4) is 0 Å². The summed E-state index contributed by atoms with van der Waals surface area (Å²) in [5, 5.41) is 24.6. The molecule has 6 aromatic rings. The summed E-state index contributed by atoms with van der Waals surface area (Å²) in [6.45, 7) is 14.4.